The average molecular weight is 375 g/mol. The van der Waals surface area contributed by atoms with Crippen molar-refractivity contribution in [1.82, 2.24) is 0 Å². The maximum atomic E-state index is 12.7. The van der Waals surface area contributed by atoms with Crippen LogP contribution in [0.1, 0.15) is 24.5 Å². The van der Waals surface area contributed by atoms with Gasteiger partial charge >= 0.3 is 0 Å². The second-order valence-electron chi connectivity index (χ2n) is 6.40. The first-order chi connectivity index (χ1) is 12.2. The molecular formula is C20H26N2O3S. The van der Waals surface area contributed by atoms with Crippen molar-refractivity contribution < 1.29 is 13.2 Å². The second kappa shape index (κ2) is 8.36. The normalized spacial score (nSPS) is 11.2. The Bertz CT molecular complexity index is 878. The van der Waals surface area contributed by atoms with Gasteiger partial charge in [0.2, 0.25) is 15.9 Å². The van der Waals surface area contributed by atoms with Gasteiger partial charge in [-0.15, -0.1) is 0 Å². The number of rotatable bonds is 7. The number of benzene rings is 2. The van der Waals surface area contributed by atoms with Crippen molar-refractivity contribution in [3.8, 4) is 0 Å². The summed E-state index contributed by atoms with van der Waals surface area (Å²) in [6, 6.07) is 15.0. The zero-order valence-corrected chi connectivity index (χ0v) is 16.6. The highest BCUT2D eigenvalue weighted by Gasteiger charge is 2.21. The van der Waals surface area contributed by atoms with E-state index in [2.05, 4.69) is 0 Å². The van der Waals surface area contributed by atoms with E-state index in [-0.39, 0.29) is 18.9 Å². The van der Waals surface area contributed by atoms with Gasteiger partial charge in [-0.25, -0.2) is 8.42 Å². The summed E-state index contributed by atoms with van der Waals surface area (Å²) in [5.41, 5.74) is 3.46. The number of amides is 1. The summed E-state index contributed by atoms with van der Waals surface area (Å²) < 4.78 is 25.7. The summed E-state index contributed by atoms with van der Waals surface area (Å²) in [7, 11) is -3.47. The Labute approximate surface area is 156 Å². The molecule has 0 aliphatic carbocycles. The van der Waals surface area contributed by atoms with Crippen molar-refractivity contribution in [2.24, 2.45) is 0 Å². The predicted molar refractivity (Wildman–Crippen MR) is 107 cm³/mol. The third-order valence-electron chi connectivity index (χ3n) is 4.15. The Balaban J connectivity index is 2.18. The molecule has 1 amide bonds. The molecule has 140 valence electrons. The Kier molecular flexibility index (Phi) is 6.42. The van der Waals surface area contributed by atoms with Crippen LogP contribution in [0.15, 0.2) is 48.5 Å². The van der Waals surface area contributed by atoms with Crippen LogP contribution in [0.25, 0.3) is 0 Å². The minimum absolute atomic E-state index is 0.0978. The topological polar surface area (TPSA) is 57.7 Å². The summed E-state index contributed by atoms with van der Waals surface area (Å²) in [6.07, 6.45) is 1.28. The second-order valence-corrected chi connectivity index (χ2v) is 8.31. The standard InChI is InChI=1S/C20H26N2O3S/c1-5-21(18-10-6-8-16(2)14-18)20(23)12-13-22(26(4,24)25)19-11-7-9-17(3)15-19/h6-11,14-15H,5,12-13H2,1-4H3. The summed E-state index contributed by atoms with van der Waals surface area (Å²) in [5.74, 6) is -0.0978. The largest absolute Gasteiger partial charge is 0.313 e. The SMILES string of the molecule is CCN(C(=O)CCN(c1cccc(C)c1)S(C)(=O)=O)c1cccc(C)c1. The van der Waals surface area contributed by atoms with E-state index in [0.29, 0.717) is 12.2 Å². The molecule has 0 spiro atoms. The van der Waals surface area contributed by atoms with Crippen molar-refractivity contribution >= 4 is 27.3 Å². The van der Waals surface area contributed by atoms with Gasteiger partial charge < -0.3 is 4.90 Å². The van der Waals surface area contributed by atoms with Crippen LogP contribution >= 0.6 is 0 Å². The zero-order valence-electron chi connectivity index (χ0n) is 15.8. The maximum Gasteiger partial charge on any atom is 0.232 e. The van der Waals surface area contributed by atoms with Crippen LogP contribution in [0, 0.1) is 13.8 Å². The summed E-state index contributed by atoms with van der Waals surface area (Å²) >= 11 is 0. The van der Waals surface area contributed by atoms with E-state index in [1.807, 2.05) is 63.2 Å². The third-order valence-corrected chi connectivity index (χ3v) is 5.34. The number of hydrogen-bond acceptors (Lipinski definition) is 3. The molecule has 0 unspecified atom stereocenters. The molecular weight excluding hydrogens is 348 g/mol. The molecule has 6 heteroatoms. The molecule has 5 nitrogen and oxygen atoms in total. The molecule has 2 rings (SSSR count). The highest BCUT2D eigenvalue weighted by atomic mass is 32.2. The van der Waals surface area contributed by atoms with E-state index in [9.17, 15) is 13.2 Å². The summed E-state index contributed by atoms with van der Waals surface area (Å²) in [6.45, 7) is 6.45. The predicted octanol–water partition coefficient (Wildman–Crippen LogP) is 3.51. The molecule has 0 saturated carbocycles. The van der Waals surface area contributed by atoms with Gasteiger partial charge in [0.25, 0.3) is 0 Å². The third kappa shape index (κ3) is 5.08. The van der Waals surface area contributed by atoms with E-state index >= 15 is 0 Å². The molecule has 0 bridgehead atoms. The smallest absolute Gasteiger partial charge is 0.232 e. The maximum absolute atomic E-state index is 12.7. The van der Waals surface area contributed by atoms with E-state index in [0.717, 1.165) is 23.1 Å². The number of hydrogen-bond donors (Lipinski definition) is 0. The van der Waals surface area contributed by atoms with Gasteiger partial charge in [0.05, 0.1) is 11.9 Å². The zero-order chi connectivity index (χ0) is 19.3. The molecule has 0 radical (unpaired) electrons. The fourth-order valence-electron chi connectivity index (χ4n) is 2.90. The lowest BCUT2D eigenvalue weighted by Gasteiger charge is -2.25. The van der Waals surface area contributed by atoms with Gasteiger partial charge in [-0.05, 0) is 56.2 Å². The molecule has 0 heterocycles. The van der Waals surface area contributed by atoms with Crippen molar-refractivity contribution in [3.63, 3.8) is 0 Å². The van der Waals surface area contributed by atoms with Crippen molar-refractivity contribution in [2.45, 2.75) is 27.2 Å². The van der Waals surface area contributed by atoms with Crippen molar-refractivity contribution in [2.75, 3.05) is 28.6 Å². The van der Waals surface area contributed by atoms with Crippen LogP contribution in [0.4, 0.5) is 11.4 Å². The molecule has 2 aromatic rings. The number of carbonyl (C=O) groups is 1. The quantitative estimate of drug-likeness (QED) is 0.745. The lowest BCUT2D eigenvalue weighted by atomic mass is 10.2. The van der Waals surface area contributed by atoms with Gasteiger partial charge in [0.1, 0.15) is 0 Å². The highest BCUT2D eigenvalue weighted by molar-refractivity contribution is 7.92. The monoisotopic (exact) mass is 374 g/mol. The molecule has 0 saturated heterocycles. The number of sulfonamides is 1. The van der Waals surface area contributed by atoms with Gasteiger partial charge in [-0.3, -0.25) is 9.10 Å². The van der Waals surface area contributed by atoms with E-state index < -0.39 is 10.0 Å². The van der Waals surface area contributed by atoms with Gasteiger partial charge in [-0.1, -0.05) is 24.3 Å². The first-order valence-electron chi connectivity index (χ1n) is 8.63. The van der Waals surface area contributed by atoms with Crippen LogP contribution < -0.4 is 9.21 Å². The molecule has 0 aliphatic heterocycles. The van der Waals surface area contributed by atoms with Gasteiger partial charge in [0, 0.05) is 25.2 Å². The van der Waals surface area contributed by atoms with Crippen LogP contribution in [0.3, 0.4) is 0 Å². The first kappa shape index (κ1) is 20.0. The Morgan fingerprint density at radius 1 is 0.962 bits per heavy atom. The van der Waals surface area contributed by atoms with E-state index in [1.54, 1.807) is 11.0 Å². The number of nitrogens with zero attached hydrogens (tertiary/aromatic N) is 2. The number of carbonyl (C=O) groups excluding carboxylic acids is 1. The molecule has 0 fully saturated rings. The fraction of sp³-hybridized carbons (Fsp3) is 0.350. The molecule has 0 aliphatic rings. The van der Waals surface area contributed by atoms with Gasteiger partial charge in [0.15, 0.2) is 0 Å². The number of anilines is 2. The molecule has 2 aromatic carbocycles. The minimum Gasteiger partial charge on any atom is -0.313 e. The Morgan fingerprint density at radius 2 is 1.50 bits per heavy atom. The molecule has 0 N–H and O–H groups in total. The Hall–Kier alpha value is -2.34. The average Bonchev–Trinajstić information content (AvgIpc) is 2.54. The Morgan fingerprint density at radius 3 is 2.00 bits per heavy atom. The van der Waals surface area contributed by atoms with Crippen molar-refractivity contribution in [3.05, 3.63) is 59.7 Å². The van der Waals surface area contributed by atoms with Crippen LogP contribution in [-0.2, 0) is 14.8 Å². The first-order valence-corrected chi connectivity index (χ1v) is 10.5. The van der Waals surface area contributed by atoms with Crippen LogP contribution in [0.2, 0.25) is 0 Å². The molecule has 26 heavy (non-hydrogen) atoms. The summed E-state index contributed by atoms with van der Waals surface area (Å²) in [5, 5.41) is 0. The highest BCUT2D eigenvalue weighted by Crippen LogP contribution is 2.21. The molecule has 0 atom stereocenters. The fourth-order valence-corrected chi connectivity index (χ4v) is 3.82. The molecule has 0 aromatic heterocycles. The lowest BCUT2D eigenvalue weighted by molar-refractivity contribution is -0.118. The van der Waals surface area contributed by atoms with Crippen molar-refractivity contribution in [1.29, 1.82) is 0 Å². The van der Waals surface area contributed by atoms with Crippen LogP contribution in [0.5, 0.6) is 0 Å². The lowest BCUT2D eigenvalue weighted by Crippen LogP contribution is -2.37. The number of aryl methyl sites for hydroxylation is 2. The van der Waals surface area contributed by atoms with E-state index in [4.69, 9.17) is 0 Å². The van der Waals surface area contributed by atoms with Gasteiger partial charge in [-0.2, -0.15) is 0 Å². The van der Waals surface area contributed by atoms with E-state index in [1.165, 1.54) is 4.31 Å². The summed E-state index contributed by atoms with van der Waals surface area (Å²) in [4.78, 5) is 14.4. The minimum atomic E-state index is -3.47. The van der Waals surface area contributed by atoms with Crippen LogP contribution in [-0.4, -0.2) is 33.7 Å².